The number of carboxylic acid groups (broad SMARTS) is 1. The maximum Gasteiger partial charge on any atom is 0.327 e. The summed E-state index contributed by atoms with van der Waals surface area (Å²) in [6, 6.07) is 9.71. The van der Waals surface area contributed by atoms with E-state index in [1.165, 1.54) is 22.7 Å². The number of ketones is 1. The Labute approximate surface area is 207 Å². The Bertz CT molecular complexity index is 1270. The fraction of sp³-hybridized carbons (Fsp3) is 0.370. The van der Waals surface area contributed by atoms with Crippen LogP contribution in [-0.2, 0) is 9.59 Å². The summed E-state index contributed by atoms with van der Waals surface area (Å²) in [5.41, 5.74) is 3.40. The van der Waals surface area contributed by atoms with E-state index in [1.807, 2.05) is 67.9 Å². The van der Waals surface area contributed by atoms with Gasteiger partial charge in [-0.2, -0.15) is 0 Å². The smallest absolute Gasteiger partial charge is 0.327 e. The molecule has 0 radical (unpaired) electrons. The minimum atomic E-state index is -1.09. The molecule has 1 N–H and O–H groups in total. The van der Waals surface area contributed by atoms with Gasteiger partial charge >= 0.3 is 5.97 Å². The van der Waals surface area contributed by atoms with Crippen molar-refractivity contribution in [3.8, 4) is 0 Å². The van der Waals surface area contributed by atoms with Crippen LogP contribution in [0.5, 0.6) is 0 Å². The molecule has 0 spiro atoms. The van der Waals surface area contributed by atoms with Gasteiger partial charge in [0.05, 0.1) is 12.0 Å². The third kappa shape index (κ3) is 3.71. The van der Waals surface area contributed by atoms with Crippen molar-refractivity contribution in [1.82, 2.24) is 4.90 Å². The number of carbonyl (C=O) groups is 3. The molecule has 3 heterocycles. The number of hydrogen-bond acceptors (Lipinski definition) is 5. The molecule has 4 atom stereocenters. The summed E-state index contributed by atoms with van der Waals surface area (Å²) < 4.78 is 0. The average Bonchev–Trinajstić information content (AvgIpc) is 3.29. The van der Waals surface area contributed by atoms with Crippen LogP contribution in [0.1, 0.15) is 61.6 Å². The number of Topliss-reactive ketones (excluding diaryl/α,β-unsaturated/α-hetero) is 1. The molecule has 1 aliphatic carbocycles. The van der Waals surface area contributed by atoms with Gasteiger partial charge in [0, 0.05) is 27.2 Å². The zero-order valence-electron chi connectivity index (χ0n) is 19.4. The highest BCUT2D eigenvalue weighted by atomic mass is 32.1. The summed E-state index contributed by atoms with van der Waals surface area (Å²) in [7, 11) is 0. The Morgan fingerprint density at radius 3 is 2.03 bits per heavy atom. The SMILES string of the molecule is Cc1ccccc1C(=O)C1C(c2sccc2C)C(C(=O)O)N(C(=O)C2CC2)C1c1sccc1C. The predicted molar refractivity (Wildman–Crippen MR) is 134 cm³/mol. The lowest BCUT2D eigenvalue weighted by molar-refractivity contribution is -0.150. The van der Waals surface area contributed by atoms with Crippen LogP contribution in [0, 0.1) is 32.6 Å². The van der Waals surface area contributed by atoms with E-state index in [2.05, 4.69) is 0 Å². The van der Waals surface area contributed by atoms with Gasteiger partial charge in [-0.15, -0.1) is 22.7 Å². The minimum Gasteiger partial charge on any atom is -0.480 e. The van der Waals surface area contributed by atoms with E-state index in [1.54, 1.807) is 4.90 Å². The highest BCUT2D eigenvalue weighted by Crippen LogP contribution is 2.55. The second-order valence-electron chi connectivity index (χ2n) is 9.41. The molecule has 1 aliphatic heterocycles. The number of carboxylic acids is 1. The Hall–Kier alpha value is -2.77. The fourth-order valence-electron chi connectivity index (χ4n) is 5.34. The van der Waals surface area contributed by atoms with E-state index in [4.69, 9.17) is 0 Å². The lowest BCUT2D eigenvalue weighted by Crippen LogP contribution is -2.44. The Balaban J connectivity index is 1.77. The minimum absolute atomic E-state index is 0.0916. The van der Waals surface area contributed by atoms with E-state index in [0.717, 1.165) is 39.3 Å². The first kappa shape index (κ1) is 23.0. The number of thiophene rings is 2. The molecule has 1 saturated heterocycles. The highest BCUT2D eigenvalue weighted by molar-refractivity contribution is 7.10. The molecular formula is C27H27NO4S2. The van der Waals surface area contributed by atoms with Crippen LogP contribution in [-0.4, -0.2) is 33.7 Å². The van der Waals surface area contributed by atoms with Crippen LogP contribution in [0.15, 0.2) is 47.2 Å². The molecule has 2 fully saturated rings. The summed E-state index contributed by atoms with van der Waals surface area (Å²) >= 11 is 2.98. The Kier molecular flexibility index (Phi) is 5.94. The first-order valence-corrected chi connectivity index (χ1v) is 13.3. The normalized spacial score (nSPS) is 24.4. The fourth-order valence-corrected chi connectivity index (χ4v) is 7.52. The summed E-state index contributed by atoms with van der Waals surface area (Å²) in [5, 5.41) is 14.4. The Morgan fingerprint density at radius 2 is 1.50 bits per heavy atom. The maximum absolute atomic E-state index is 14.3. The van der Waals surface area contributed by atoms with E-state index < -0.39 is 29.9 Å². The molecular weight excluding hydrogens is 466 g/mol. The van der Waals surface area contributed by atoms with Crippen molar-refractivity contribution in [2.45, 2.75) is 51.6 Å². The molecule has 1 amide bonds. The standard InChI is InChI=1S/C27H27NO4S2/c1-14-6-4-5-7-18(14)23(29)19-20(24-15(2)10-12-33-24)22(27(31)32)28(26(30)17-8-9-17)21(19)25-16(3)11-13-34-25/h4-7,10-13,17,19-22H,8-9H2,1-3H3,(H,31,32). The molecule has 7 heteroatoms. The van der Waals surface area contributed by atoms with Crippen molar-refractivity contribution in [2.24, 2.45) is 11.8 Å². The number of rotatable bonds is 6. The third-order valence-corrected chi connectivity index (χ3v) is 9.40. The number of aryl methyl sites for hydroxylation is 3. The third-order valence-electron chi connectivity index (χ3n) is 7.19. The average molecular weight is 494 g/mol. The van der Waals surface area contributed by atoms with Gasteiger partial charge in [0.2, 0.25) is 5.91 Å². The second kappa shape index (κ2) is 8.78. The molecule has 2 aliphatic rings. The van der Waals surface area contributed by atoms with Gasteiger partial charge in [0.1, 0.15) is 6.04 Å². The molecule has 0 bridgehead atoms. The largest absolute Gasteiger partial charge is 0.480 e. The summed E-state index contributed by atoms with van der Waals surface area (Å²) in [6.07, 6.45) is 1.55. The van der Waals surface area contributed by atoms with Crippen molar-refractivity contribution >= 4 is 40.3 Å². The second-order valence-corrected chi connectivity index (χ2v) is 11.3. The molecule has 5 rings (SSSR count). The van der Waals surface area contributed by atoms with Gasteiger partial charge in [-0.25, -0.2) is 4.79 Å². The van der Waals surface area contributed by atoms with Gasteiger partial charge in [0.25, 0.3) is 0 Å². The van der Waals surface area contributed by atoms with E-state index >= 15 is 0 Å². The number of benzene rings is 1. The van der Waals surface area contributed by atoms with Crippen LogP contribution in [0.4, 0.5) is 0 Å². The van der Waals surface area contributed by atoms with Crippen LogP contribution in [0.25, 0.3) is 0 Å². The molecule has 176 valence electrons. The predicted octanol–water partition coefficient (Wildman–Crippen LogP) is 5.76. The van der Waals surface area contributed by atoms with Crippen molar-refractivity contribution in [3.05, 3.63) is 79.2 Å². The van der Waals surface area contributed by atoms with Crippen molar-refractivity contribution in [3.63, 3.8) is 0 Å². The number of carbonyl (C=O) groups excluding carboxylic acids is 2. The summed E-state index contributed by atoms with van der Waals surface area (Å²) in [5.74, 6) is -2.72. The van der Waals surface area contributed by atoms with Gasteiger partial charge in [-0.3, -0.25) is 9.59 Å². The number of hydrogen-bond donors (Lipinski definition) is 1. The zero-order valence-corrected chi connectivity index (χ0v) is 21.0. The maximum atomic E-state index is 14.3. The summed E-state index contributed by atoms with van der Waals surface area (Å²) in [6.45, 7) is 5.83. The molecule has 5 nitrogen and oxygen atoms in total. The van der Waals surface area contributed by atoms with Crippen molar-refractivity contribution in [1.29, 1.82) is 0 Å². The van der Waals surface area contributed by atoms with Gasteiger partial charge in [-0.05, 0) is 73.2 Å². The number of likely N-dealkylation sites (tertiary alicyclic amines) is 1. The van der Waals surface area contributed by atoms with Crippen LogP contribution < -0.4 is 0 Å². The number of amides is 1. The lowest BCUT2D eigenvalue weighted by Gasteiger charge is -2.30. The molecule has 34 heavy (non-hydrogen) atoms. The van der Waals surface area contributed by atoms with Gasteiger partial charge in [0.15, 0.2) is 5.78 Å². The van der Waals surface area contributed by atoms with Gasteiger partial charge < -0.3 is 10.0 Å². The molecule has 1 aromatic carbocycles. The van der Waals surface area contributed by atoms with Gasteiger partial charge in [-0.1, -0.05) is 24.3 Å². The van der Waals surface area contributed by atoms with E-state index in [9.17, 15) is 19.5 Å². The van der Waals surface area contributed by atoms with Crippen LogP contribution in [0.2, 0.25) is 0 Å². The molecule has 1 saturated carbocycles. The zero-order chi connectivity index (χ0) is 24.1. The topological polar surface area (TPSA) is 74.7 Å². The quantitative estimate of drug-likeness (QED) is 0.443. The van der Waals surface area contributed by atoms with Crippen LogP contribution in [0.3, 0.4) is 0 Å². The van der Waals surface area contributed by atoms with Crippen molar-refractivity contribution in [2.75, 3.05) is 0 Å². The van der Waals surface area contributed by atoms with Crippen molar-refractivity contribution < 1.29 is 19.5 Å². The Morgan fingerprint density at radius 1 is 0.882 bits per heavy atom. The molecule has 2 aromatic heterocycles. The monoisotopic (exact) mass is 493 g/mol. The number of aliphatic carboxylic acids is 1. The van der Waals surface area contributed by atoms with E-state index in [-0.39, 0.29) is 17.6 Å². The summed E-state index contributed by atoms with van der Waals surface area (Å²) in [4.78, 5) is 44.2. The number of nitrogens with zero attached hydrogens (tertiary/aromatic N) is 1. The highest BCUT2D eigenvalue weighted by Gasteiger charge is 2.60. The first-order valence-electron chi connectivity index (χ1n) is 11.5. The van der Waals surface area contributed by atoms with Crippen LogP contribution >= 0.6 is 22.7 Å². The lowest BCUT2D eigenvalue weighted by atomic mass is 9.78. The first-order chi connectivity index (χ1) is 16.3. The van der Waals surface area contributed by atoms with E-state index in [0.29, 0.717) is 5.56 Å². The molecule has 3 aromatic rings. The molecule has 4 unspecified atom stereocenters.